The summed E-state index contributed by atoms with van der Waals surface area (Å²) in [7, 11) is 0. The van der Waals surface area contributed by atoms with Gasteiger partial charge in [-0.05, 0) is 61.3 Å². The van der Waals surface area contributed by atoms with Gasteiger partial charge >= 0.3 is 0 Å². The lowest BCUT2D eigenvalue weighted by Gasteiger charge is -2.08. The molecule has 1 heterocycles. The Balaban J connectivity index is 1.84. The van der Waals surface area contributed by atoms with Gasteiger partial charge in [0.2, 0.25) is 0 Å². The number of nitrogens with one attached hydrogen (secondary N) is 1. The Kier molecular flexibility index (Phi) is 5.17. The Bertz CT molecular complexity index is 649. The SMILES string of the molecule is Cc1ccc(Br)c(C(=O)NCCCn2nc(C)cc2C)c1. The van der Waals surface area contributed by atoms with Crippen molar-refractivity contribution in [3.63, 3.8) is 0 Å². The number of carbonyl (C=O) groups excluding carboxylic acids is 1. The van der Waals surface area contributed by atoms with Gasteiger partial charge in [0, 0.05) is 23.3 Å². The maximum absolute atomic E-state index is 12.1. The maximum atomic E-state index is 12.1. The zero-order valence-electron chi connectivity index (χ0n) is 12.6. The van der Waals surface area contributed by atoms with Crippen LogP contribution in [0.25, 0.3) is 0 Å². The van der Waals surface area contributed by atoms with Crippen LogP contribution in [-0.4, -0.2) is 22.2 Å². The van der Waals surface area contributed by atoms with Crippen LogP contribution in [0.4, 0.5) is 0 Å². The second-order valence-electron chi connectivity index (χ2n) is 5.24. The molecule has 0 aliphatic rings. The van der Waals surface area contributed by atoms with Gasteiger partial charge in [0.1, 0.15) is 0 Å². The van der Waals surface area contributed by atoms with E-state index in [2.05, 4.69) is 32.4 Å². The average molecular weight is 350 g/mol. The molecule has 5 heteroatoms. The standard InChI is InChI=1S/C16H20BrN3O/c1-11-5-6-15(17)14(9-11)16(21)18-7-4-8-20-13(3)10-12(2)19-20/h5-6,9-10H,4,7-8H2,1-3H3,(H,18,21). The molecule has 0 fully saturated rings. The van der Waals surface area contributed by atoms with E-state index < -0.39 is 0 Å². The smallest absolute Gasteiger partial charge is 0.252 e. The Morgan fingerprint density at radius 1 is 1.29 bits per heavy atom. The second kappa shape index (κ2) is 6.89. The number of hydrogen-bond acceptors (Lipinski definition) is 2. The lowest BCUT2D eigenvalue weighted by molar-refractivity contribution is 0.0951. The average Bonchev–Trinajstić information content (AvgIpc) is 2.75. The summed E-state index contributed by atoms with van der Waals surface area (Å²) in [6.45, 7) is 7.46. The molecule has 1 aromatic heterocycles. The number of hydrogen-bond donors (Lipinski definition) is 1. The summed E-state index contributed by atoms with van der Waals surface area (Å²) in [5.74, 6) is -0.0426. The van der Waals surface area contributed by atoms with E-state index in [1.165, 1.54) is 0 Å². The van der Waals surface area contributed by atoms with E-state index in [1.807, 2.05) is 43.7 Å². The molecule has 0 atom stereocenters. The molecule has 21 heavy (non-hydrogen) atoms. The quantitative estimate of drug-likeness (QED) is 0.841. The number of amides is 1. The zero-order valence-corrected chi connectivity index (χ0v) is 14.2. The first-order valence-corrected chi connectivity index (χ1v) is 7.82. The largest absolute Gasteiger partial charge is 0.352 e. The van der Waals surface area contributed by atoms with E-state index in [-0.39, 0.29) is 5.91 Å². The summed E-state index contributed by atoms with van der Waals surface area (Å²) in [5.41, 5.74) is 3.94. The molecule has 112 valence electrons. The van der Waals surface area contributed by atoms with E-state index in [4.69, 9.17) is 0 Å². The highest BCUT2D eigenvalue weighted by Gasteiger charge is 2.09. The highest BCUT2D eigenvalue weighted by atomic mass is 79.9. The summed E-state index contributed by atoms with van der Waals surface area (Å²) in [6, 6.07) is 7.83. The van der Waals surface area contributed by atoms with E-state index >= 15 is 0 Å². The van der Waals surface area contributed by atoms with Gasteiger partial charge in [0.15, 0.2) is 0 Å². The summed E-state index contributed by atoms with van der Waals surface area (Å²) in [6.07, 6.45) is 0.858. The van der Waals surface area contributed by atoms with Crippen LogP contribution in [0.3, 0.4) is 0 Å². The van der Waals surface area contributed by atoms with Gasteiger partial charge in [0.05, 0.1) is 11.3 Å². The third-order valence-electron chi connectivity index (χ3n) is 3.30. The minimum atomic E-state index is -0.0426. The molecule has 0 radical (unpaired) electrons. The van der Waals surface area contributed by atoms with Gasteiger partial charge in [-0.1, -0.05) is 11.6 Å². The first kappa shape index (κ1) is 15.8. The van der Waals surface area contributed by atoms with E-state index in [0.717, 1.165) is 34.4 Å². The van der Waals surface area contributed by atoms with Crippen molar-refractivity contribution in [1.82, 2.24) is 15.1 Å². The number of rotatable bonds is 5. The minimum Gasteiger partial charge on any atom is -0.352 e. The van der Waals surface area contributed by atoms with Crippen molar-refractivity contribution in [3.05, 3.63) is 51.3 Å². The molecule has 4 nitrogen and oxygen atoms in total. The fraction of sp³-hybridized carbons (Fsp3) is 0.375. The van der Waals surface area contributed by atoms with Crippen molar-refractivity contribution in [2.24, 2.45) is 0 Å². The first-order chi connectivity index (χ1) is 9.97. The molecule has 1 amide bonds. The van der Waals surface area contributed by atoms with Crippen molar-refractivity contribution in [2.45, 2.75) is 33.7 Å². The summed E-state index contributed by atoms with van der Waals surface area (Å²) in [4.78, 5) is 12.1. The van der Waals surface area contributed by atoms with E-state index in [0.29, 0.717) is 12.1 Å². The molecule has 0 aliphatic heterocycles. The van der Waals surface area contributed by atoms with Gasteiger partial charge < -0.3 is 5.32 Å². The minimum absolute atomic E-state index is 0.0426. The Hall–Kier alpha value is -1.62. The van der Waals surface area contributed by atoms with Gasteiger partial charge in [-0.25, -0.2) is 0 Å². The van der Waals surface area contributed by atoms with Crippen molar-refractivity contribution in [2.75, 3.05) is 6.54 Å². The van der Waals surface area contributed by atoms with Crippen molar-refractivity contribution in [3.8, 4) is 0 Å². The van der Waals surface area contributed by atoms with Crippen LogP contribution in [0.2, 0.25) is 0 Å². The van der Waals surface area contributed by atoms with E-state index in [9.17, 15) is 4.79 Å². The predicted molar refractivity (Wildman–Crippen MR) is 87.5 cm³/mol. The number of aryl methyl sites for hydroxylation is 4. The number of halogens is 1. The van der Waals surface area contributed by atoms with Crippen LogP contribution in [0, 0.1) is 20.8 Å². The van der Waals surface area contributed by atoms with Crippen molar-refractivity contribution >= 4 is 21.8 Å². The molecule has 0 saturated heterocycles. The molecule has 2 rings (SSSR count). The molecular weight excluding hydrogens is 330 g/mol. The lowest BCUT2D eigenvalue weighted by atomic mass is 10.1. The van der Waals surface area contributed by atoms with Crippen LogP contribution in [0.5, 0.6) is 0 Å². The number of benzene rings is 1. The number of carbonyl (C=O) groups is 1. The number of aromatic nitrogens is 2. The molecule has 0 saturated carbocycles. The van der Waals surface area contributed by atoms with Gasteiger partial charge in [-0.3, -0.25) is 9.48 Å². The fourth-order valence-electron chi connectivity index (χ4n) is 2.24. The topological polar surface area (TPSA) is 46.9 Å². The van der Waals surface area contributed by atoms with E-state index in [1.54, 1.807) is 0 Å². The first-order valence-electron chi connectivity index (χ1n) is 7.03. The van der Waals surface area contributed by atoms with Crippen LogP contribution >= 0.6 is 15.9 Å². The molecule has 1 N–H and O–H groups in total. The fourth-order valence-corrected chi connectivity index (χ4v) is 2.67. The highest BCUT2D eigenvalue weighted by molar-refractivity contribution is 9.10. The monoisotopic (exact) mass is 349 g/mol. The molecular formula is C16H20BrN3O. The molecule has 0 aliphatic carbocycles. The third kappa shape index (κ3) is 4.17. The van der Waals surface area contributed by atoms with Gasteiger partial charge in [-0.15, -0.1) is 0 Å². The molecule has 0 spiro atoms. The normalized spacial score (nSPS) is 10.7. The lowest BCUT2D eigenvalue weighted by Crippen LogP contribution is -2.25. The second-order valence-corrected chi connectivity index (χ2v) is 6.10. The predicted octanol–water partition coefficient (Wildman–Crippen LogP) is 3.39. The number of nitrogens with zero attached hydrogens (tertiary/aromatic N) is 2. The zero-order chi connectivity index (χ0) is 15.4. The van der Waals surface area contributed by atoms with Crippen LogP contribution in [0.1, 0.15) is 33.7 Å². The summed E-state index contributed by atoms with van der Waals surface area (Å²) in [5, 5.41) is 7.36. The molecule has 0 bridgehead atoms. The van der Waals surface area contributed by atoms with Crippen molar-refractivity contribution < 1.29 is 4.79 Å². The van der Waals surface area contributed by atoms with Crippen LogP contribution < -0.4 is 5.32 Å². The van der Waals surface area contributed by atoms with Gasteiger partial charge in [-0.2, -0.15) is 5.10 Å². The van der Waals surface area contributed by atoms with Crippen molar-refractivity contribution in [1.29, 1.82) is 0 Å². The Labute approximate surface area is 133 Å². The van der Waals surface area contributed by atoms with Crippen LogP contribution in [-0.2, 0) is 6.54 Å². The Morgan fingerprint density at radius 3 is 2.71 bits per heavy atom. The molecule has 1 aromatic carbocycles. The summed E-state index contributed by atoms with van der Waals surface area (Å²) >= 11 is 3.41. The third-order valence-corrected chi connectivity index (χ3v) is 3.99. The van der Waals surface area contributed by atoms with Gasteiger partial charge in [0.25, 0.3) is 5.91 Å². The molecule has 2 aromatic rings. The molecule has 0 unspecified atom stereocenters. The Morgan fingerprint density at radius 2 is 2.05 bits per heavy atom. The summed E-state index contributed by atoms with van der Waals surface area (Å²) < 4.78 is 2.80. The highest BCUT2D eigenvalue weighted by Crippen LogP contribution is 2.17. The van der Waals surface area contributed by atoms with Crippen LogP contribution in [0.15, 0.2) is 28.7 Å². The maximum Gasteiger partial charge on any atom is 0.252 e.